The molecule has 0 aromatic heterocycles. The molecule has 0 amide bonds. The van der Waals surface area contributed by atoms with Crippen LogP contribution in [0.2, 0.25) is 5.02 Å². The number of carbonyl (C=O) groups excluding carboxylic acids is 1. The Labute approximate surface area is 112 Å². The van der Waals surface area contributed by atoms with E-state index in [0.29, 0.717) is 5.02 Å². The normalized spacial score (nSPS) is 11.4. The summed E-state index contributed by atoms with van der Waals surface area (Å²) in [6.45, 7) is 3.72. The first-order valence-electron chi connectivity index (χ1n) is 5.74. The van der Waals surface area contributed by atoms with Crippen LogP contribution in [0.5, 0.6) is 0 Å². The van der Waals surface area contributed by atoms with E-state index < -0.39 is 12.0 Å². The van der Waals surface area contributed by atoms with Crippen LogP contribution in [0.4, 0.5) is 5.69 Å². The van der Waals surface area contributed by atoms with Gasteiger partial charge in [-0.1, -0.05) is 36.6 Å². The molecule has 0 saturated carbocycles. The number of hydrogen-bond acceptors (Lipinski definition) is 3. The monoisotopic (exact) mass is 265 g/mol. The van der Waals surface area contributed by atoms with Crippen molar-refractivity contribution in [2.24, 2.45) is 0 Å². The van der Waals surface area contributed by atoms with E-state index in [1.54, 1.807) is 13.0 Å². The standard InChI is InChI=1S/C14H16ClNO2/c1-4-9-18-14(17)10(3)16-13-11(5-2)7-6-8-12(13)15/h1,6-8,10,16H,5,9H2,2-3H3/t10-/m0/s1. The molecule has 1 atom stereocenters. The molecular weight excluding hydrogens is 250 g/mol. The SMILES string of the molecule is C#CCOC(=O)[C@H](C)Nc1c(Cl)cccc1CC. The van der Waals surface area contributed by atoms with E-state index in [0.717, 1.165) is 17.7 Å². The number of esters is 1. The smallest absolute Gasteiger partial charge is 0.329 e. The molecule has 0 radical (unpaired) electrons. The second kappa shape index (κ2) is 6.93. The summed E-state index contributed by atoms with van der Waals surface area (Å²) in [5.74, 6) is 1.86. The second-order valence-electron chi connectivity index (χ2n) is 3.81. The number of benzene rings is 1. The highest BCUT2D eigenvalue weighted by molar-refractivity contribution is 6.33. The molecule has 1 N–H and O–H groups in total. The van der Waals surface area contributed by atoms with Crippen molar-refractivity contribution in [1.29, 1.82) is 0 Å². The van der Waals surface area contributed by atoms with Gasteiger partial charge in [0.05, 0.1) is 10.7 Å². The van der Waals surface area contributed by atoms with Crippen LogP contribution in [-0.2, 0) is 16.0 Å². The van der Waals surface area contributed by atoms with Gasteiger partial charge in [-0.2, -0.15) is 0 Å². The highest BCUT2D eigenvalue weighted by Gasteiger charge is 2.16. The summed E-state index contributed by atoms with van der Waals surface area (Å²) in [5, 5.41) is 3.65. The first kappa shape index (κ1) is 14.4. The van der Waals surface area contributed by atoms with Gasteiger partial charge >= 0.3 is 5.97 Å². The Kier molecular flexibility index (Phi) is 5.54. The third kappa shape index (κ3) is 3.68. The maximum Gasteiger partial charge on any atom is 0.329 e. The van der Waals surface area contributed by atoms with Crippen LogP contribution in [0.15, 0.2) is 18.2 Å². The molecule has 3 nitrogen and oxygen atoms in total. The van der Waals surface area contributed by atoms with Crippen molar-refractivity contribution in [3.05, 3.63) is 28.8 Å². The van der Waals surface area contributed by atoms with Crippen molar-refractivity contribution in [3.63, 3.8) is 0 Å². The zero-order valence-electron chi connectivity index (χ0n) is 10.5. The number of halogens is 1. The van der Waals surface area contributed by atoms with E-state index in [-0.39, 0.29) is 6.61 Å². The minimum atomic E-state index is -0.497. The van der Waals surface area contributed by atoms with Crippen molar-refractivity contribution in [2.45, 2.75) is 26.3 Å². The Balaban J connectivity index is 2.78. The number of nitrogens with one attached hydrogen (secondary N) is 1. The van der Waals surface area contributed by atoms with E-state index in [4.69, 9.17) is 22.8 Å². The van der Waals surface area contributed by atoms with Crippen molar-refractivity contribution >= 4 is 23.3 Å². The fraction of sp³-hybridized carbons (Fsp3) is 0.357. The van der Waals surface area contributed by atoms with Gasteiger partial charge in [-0.25, -0.2) is 4.79 Å². The van der Waals surface area contributed by atoms with E-state index in [1.165, 1.54) is 0 Å². The largest absolute Gasteiger partial charge is 0.451 e. The predicted molar refractivity (Wildman–Crippen MR) is 73.7 cm³/mol. The summed E-state index contributed by atoms with van der Waals surface area (Å²) in [4.78, 5) is 11.6. The topological polar surface area (TPSA) is 38.3 Å². The summed E-state index contributed by atoms with van der Waals surface area (Å²) in [5.41, 5.74) is 1.82. The van der Waals surface area contributed by atoms with E-state index in [9.17, 15) is 4.79 Å². The lowest BCUT2D eigenvalue weighted by Crippen LogP contribution is -2.28. The minimum Gasteiger partial charge on any atom is -0.451 e. The average Bonchev–Trinajstić information content (AvgIpc) is 2.38. The zero-order chi connectivity index (χ0) is 13.5. The minimum absolute atomic E-state index is 0.0198. The molecule has 96 valence electrons. The molecule has 0 aliphatic carbocycles. The first-order chi connectivity index (χ1) is 8.60. The maximum absolute atomic E-state index is 11.6. The Bertz CT molecular complexity index is 465. The lowest BCUT2D eigenvalue weighted by molar-refractivity contribution is -0.142. The Morgan fingerprint density at radius 3 is 2.94 bits per heavy atom. The number of carbonyl (C=O) groups is 1. The van der Waals surface area contributed by atoms with Gasteiger partial charge in [0, 0.05) is 0 Å². The van der Waals surface area contributed by atoms with Gasteiger partial charge in [-0.3, -0.25) is 0 Å². The van der Waals surface area contributed by atoms with Crippen LogP contribution in [-0.4, -0.2) is 18.6 Å². The molecule has 1 aromatic rings. The van der Waals surface area contributed by atoms with Crippen molar-refractivity contribution in [2.75, 3.05) is 11.9 Å². The summed E-state index contributed by atoms with van der Waals surface area (Å²) in [6.07, 6.45) is 5.86. The lowest BCUT2D eigenvalue weighted by Gasteiger charge is -2.17. The van der Waals surface area contributed by atoms with Crippen LogP contribution in [0.25, 0.3) is 0 Å². The van der Waals surface area contributed by atoms with Gasteiger partial charge in [-0.05, 0) is 25.0 Å². The van der Waals surface area contributed by atoms with Crippen molar-refractivity contribution < 1.29 is 9.53 Å². The average molecular weight is 266 g/mol. The molecule has 0 heterocycles. The molecular formula is C14H16ClNO2. The van der Waals surface area contributed by atoms with Crippen molar-refractivity contribution in [3.8, 4) is 12.3 Å². The lowest BCUT2D eigenvalue weighted by atomic mass is 10.1. The molecule has 0 unspecified atom stereocenters. The molecule has 1 rings (SSSR count). The van der Waals surface area contributed by atoms with Crippen LogP contribution in [0.1, 0.15) is 19.4 Å². The number of rotatable bonds is 5. The molecule has 0 aliphatic heterocycles. The molecule has 4 heteroatoms. The van der Waals surface area contributed by atoms with Crippen LogP contribution >= 0.6 is 11.6 Å². The Morgan fingerprint density at radius 1 is 1.61 bits per heavy atom. The highest BCUT2D eigenvalue weighted by atomic mass is 35.5. The highest BCUT2D eigenvalue weighted by Crippen LogP contribution is 2.27. The quantitative estimate of drug-likeness (QED) is 0.657. The maximum atomic E-state index is 11.6. The Hall–Kier alpha value is -1.66. The molecule has 0 aliphatic rings. The van der Waals surface area contributed by atoms with Gasteiger partial charge in [0.25, 0.3) is 0 Å². The molecule has 1 aromatic carbocycles. The zero-order valence-corrected chi connectivity index (χ0v) is 11.3. The van der Waals surface area contributed by atoms with Gasteiger partial charge < -0.3 is 10.1 Å². The molecule has 18 heavy (non-hydrogen) atoms. The summed E-state index contributed by atoms with van der Waals surface area (Å²) >= 11 is 6.11. The van der Waals surface area contributed by atoms with E-state index in [1.807, 2.05) is 19.1 Å². The van der Waals surface area contributed by atoms with Crippen LogP contribution in [0.3, 0.4) is 0 Å². The number of aryl methyl sites for hydroxylation is 1. The first-order valence-corrected chi connectivity index (χ1v) is 6.12. The third-order valence-electron chi connectivity index (χ3n) is 2.49. The van der Waals surface area contributed by atoms with Gasteiger partial charge in [0.1, 0.15) is 6.04 Å². The fourth-order valence-electron chi connectivity index (χ4n) is 1.54. The summed E-state index contributed by atoms with van der Waals surface area (Å²) in [6, 6.07) is 5.13. The Morgan fingerprint density at radius 2 is 2.33 bits per heavy atom. The number of ether oxygens (including phenoxy) is 1. The fourth-order valence-corrected chi connectivity index (χ4v) is 1.79. The molecule has 0 bridgehead atoms. The van der Waals surface area contributed by atoms with Gasteiger partial charge in [0.15, 0.2) is 6.61 Å². The van der Waals surface area contributed by atoms with Crippen LogP contribution in [0, 0.1) is 12.3 Å². The third-order valence-corrected chi connectivity index (χ3v) is 2.81. The number of terminal acetylenes is 1. The summed E-state index contributed by atoms with van der Waals surface area (Å²) in [7, 11) is 0. The summed E-state index contributed by atoms with van der Waals surface area (Å²) < 4.78 is 4.86. The molecule has 0 saturated heterocycles. The number of para-hydroxylation sites is 1. The van der Waals surface area contributed by atoms with E-state index >= 15 is 0 Å². The predicted octanol–water partition coefficient (Wildman–Crippen LogP) is 2.88. The molecule has 0 spiro atoms. The second-order valence-corrected chi connectivity index (χ2v) is 4.21. The van der Waals surface area contributed by atoms with E-state index in [2.05, 4.69) is 11.2 Å². The van der Waals surface area contributed by atoms with Crippen molar-refractivity contribution in [1.82, 2.24) is 0 Å². The van der Waals surface area contributed by atoms with Gasteiger partial charge in [-0.15, -0.1) is 6.42 Å². The number of hydrogen-bond donors (Lipinski definition) is 1. The van der Waals surface area contributed by atoms with Gasteiger partial charge in [0.2, 0.25) is 0 Å². The molecule has 0 fully saturated rings. The van der Waals surface area contributed by atoms with Crippen LogP contribution < -0.4 is 5.32 Å². The number of anilines is 1.